The molecule has 2 amide bonds. The SMILES string of the molecule is CN(C)[C@@H]1C(O)=C(C(N)=O)C(=O)[C@@]2(O)C(O)=C3C(=O)c4c(O)c(N5CCC[C@H](N)C5=O)cc(F)c4C[C@H]3C[C@@H]12. The second-order valence-corrected chi connectivity index (χ2v) is 10.8. The van der Waals surface area contributed by atoms with E-state index in [0.29, 0.717) is 12.8 Å². The van der Waals surface area contributed by atoms with Gasteiger partial charge in [-0.15, -0.1) is 0 Å². The number of allylic oxidation sites excluding steroid dienone is 1. The first-order chi connectivity index (χ1) is 18.2. The summed E-state index contributed by atoms with van der Waals surface area (Å²) in [6.07, 6.45) is 0.540. The van der Waals surface area contributed by atoms with Crippen LogP contribution in [0.2, 0.25) is 0 Å². The van der Waals surface area contributed by atoms with Crippen molar-refractivity contribution in [3.63, 3.8) is 0 Å². The van der Waals surface area contributed by atoms with E-state index in [4.69, 9.17) is 11.5 Å². The zero-order chi connectivity index (χ0) is 28.7. The summed E-state index contributed by atoms with van der Waals surface area (Å²) in [7, 11) is 3.03. The number of aliphatic hydroxyl groups is 3. The van der Waals surface area contributed by atoms with E-state index in [2.05, 4.69) is 0 Å². The maximum Gasteiger partial charge on any atom is 0.255 e. The molecule has 1 aromatic carbocycles. The average Bonchev–Trinajstić information content (AvgIpc) is 2.85. The summed E-state index contributed by atoms with van der Waals surface area (Å²) in [5, 5.41) is 44.8. The maximum atomic E-state index is 15.5. The number of primary amides is 1. The summed E-state index contributed by atoms with van der Waals surface area (Å²) in [4.78, 5) is 54.4. The lowest BCUT2D eigenvalue weighted by Crippen LogP contribution is -2.63. The number of carbonyl (C=O) groups is 4. The number of nitrogens with zero attached hydrogens (tertiary/aromatic N) is 2. The maximum absolute atomic E-state index is 15.5. The molecule has 8 N–H and O–H groups in total. The van der Waals surface area contributed by atoms with E-state index in [9.17, 15) is 39.6 Å². The number of likely N-dealkylation sites (N-methyl/N-ethyl adjacent to an activating group) is 1. The van der Waals surface area contributed by atoms with Gasteiger partial charge in [0.05, 0.1) is 23.3 Å². The molecule has 1 heterocycles. The molecular weight excluding hydrogens is 515 g/mol. The number of halogens is 1. The second-order valence-electron chi connectivity index (χ2n) is 10.8. The molecule has 208 valence electrons. The van der Waals surface area contributed by atoms with Gasteiger partial charge in [0, 0.05) is 29.7 Å². The van der Waals surface area contributed by atoms with Gasteiger partial charge in [-0.05, 0) is 45.7 Å². The number of fused-ring (bicyclic) bond motifs is 3. The lowest BCUT2D eigenvalue weighted by molar-refractivity contribution is -0.148. The fraction of sp³-hybridized carbons (Fsp3) is 0.462. The Hall–Kier alpha value is -3.81. The predicted octanol–water partition coefficient (Wildman–Crippen LogP) is -0.286. The molecule has 0 unspecified atom stereocenters. The molecule has 5 atom stereocenters. The van der Waals surface area contributed by atoms with Gasteiger partial charge in [-0.25, -0.2) is 4.39 Å². The van der Waals surface area contributed by atoms with Crippen molar-refractivity contribution < 1.29 is 44.0 Å². The smallest absolute Gasteiger partial charge is 0.255 e. The normalized spacial score (nSPS) is 30.9. The molecule has 3 aliphatic carbocycles. The molecule has 0 spiro atoms. The lowest BCUT2D eigenvalue weighted by Gasteiger charge is -2.50. The number of phenolic OH excluding ortho intramolecular Hbond substituents is 1. The van der Waals surface area contributed by atoms with Crippen molar-refractivity contribution in [3.8, 4) is 5.75 Å². The molecule has 0 bridgehead atoms. The van der Waals surface area contributed by atoms with Gasteiger partial charge in [0.15, 0.2) is 17.1 Å². The summed E-state index contributed by atoms with van der Waals surface area (Å²) < 4.78 is 15.5. The molecule has 0 aromatic heterocycles. The Bertz CT molecular complexity index is 1420. The number of hydrogen-bond donors (Lipinski definition) is 6. The van der Waals surface area contributed by atoms with Crippen molar-refractivity contribution in [3.05, 3.63) is 45.7 Å². The Balaban J connectivity index is 1.69. The van der Waals surface area contributed by atoms with Crippen molar-refractivity contribution in [1.29, 1.82) is 0 Å². The number of piperidine rings is 1. The summed E-state index contributed by atoms with van der Waals surface area (Å²) in [5.41, 5.74) is 6.12. The Morgan fingerprint density at radius 2 is 1.87 bits per heavy atom. The third-order valence-electron chi connectivity index (χ3n) is 8.42. The highest BCUT2D eigenvalue weighted by Gasteiger charge is 2.63. The van der Waals surface area contributed by atoms with Crippen LogP contribution in [0.1, 0.15) is 35.2 Å². The average molecular weight is 545 g/mol. The highest BCUT2D eigenvalue weighted by atomic mass is 19.1. The number of ketones is 2. The van der Waals surface area contributed by atoms with Crippen LogP contribution in [-0.4, -0.2) is 87.0 Å². The van der Waals surface area contributed by atoms with Crippen LogP contribution >= 0.6 is 0 Å². The van der Waals surface area contributed by atoms with Crippen LogP contribution in [0.15, 0.2) is 28.7 Å². The van der Waals surface area contributed by atoms with Crippen molar-refractivity contribution in [2.24, 2.45) is 23.3 Å². The number of aliphatic hydroxyl groups excluding tert-OH is 2. The number of carbonyl (C=O) groups excluding carboxylic acids is 4. The molecule has 39 heavy (non-hydrogen) atoms. The first-order valence-corrected chi connectivity index (χ1v) is 12.5. The molecule has 1 fully saturated rings. The predicted molar refractivity (Wildman–Crippen MR) is 133 cm³/mol. The third-order valence-corrected chi connectivity index (χ3v) is 8.42. The van der Waals surface area contributed by atoms with Crippen LogP contribution in [0.25, 0.3) is 0 Å². The van der Waals surface area contributed by atoms with Crippen LogP contribution in [-0.2, 0) is 20.8 Å². The second kappa shape index (κ2) is 8.86. The number of hydrogen-bond acceptors (Lipinski definition) is 10. The Labute approximate surface area is 222 Å². The zero-order valence-electron chi connectivity index (χ0n) is 21.3. The van der Waals surface area contributed by atoms with Crippen LogP contribution in [0.3, 0.4) is 0 Å². The summed E-state index contributed by atoms with van der Waals surface area (Å²) in [5.74, 6) is -9.70. The first-order valence-electron chi connectivity index (χ1n) is 12.5. The van der Waals surface area contributed by atoms with E-state index < -0.39 is 92.7 Å². The molecule has 0 saturated carbocycles. The van der Waals surface area contributed by atoms with Crippen molar-refractivity contribution in [1.82, 2.24) is 4.90 Å². The quantitative estimate of drug-likeness (QED) is 0.274. The number of phenols is 1. The number of Topliss-reactive ketones (excluding diaryl/α,β-unsaturated/α-hetero) is 2. The van der Waals surface area contributed by atoms with Gasteiger partial charge in [0.1, 0.15) is 22.9 Å². The molecule has 5 rings (SSSR count). The van der Waals surface area contributed by atoms with E-state index in [-0.39, 0.29) is 30.6 Å². The number of amides is 2. The van der Waals surface area contributed by atoms with Gasteiger partial charge >= 0.3 is 0 Å². The summed E-state index contributed by atoms with van der Waals surface area (Å²) in [6.45, 7) is 0.136. The molecule has 1 aliphatic heterocycles. The van der Waals surface area contributed by atoms with E-state index in [0.717, 1.165) is 11.0 Å². The van der Waals surface area contributed by atoms with Crippen molar-refractivity contribution in [2.75, 3.05) is 25.5 Å². The van der Waals surface area contributed by atoms with E-state index >= 15 is 4.39 Å². The first kappa shape index (κ1) is 26.8. The van der Waals surface area contributed by atoms with Crippen LogP contribution < -0.4 is 16.4 Å². The molecule has 1 saturated heterocycles. The summed E-state index contributed by atoms with van der Waals surface area (Å²) >= 11 is 0. The van der Waals surface area contributed by atoms with E-state index in [1.165, 1.54) is 19.0 Å². The minimum absolute atomic E-state index is 0.136. The van der Waals surface area contributed by atoms with Gasteiger partial charge in [-0.2, -0.15) is 0 Å². The zero-order valence-corrected chi connectivity index (χ0v) is 21.3. The summed E-state index contributed by atoms with van der Waals surface area (Å²) in [6, 6.07) is -1.05. The Morgan fingerprint density at radius 1 is 1.21 bits per heavy atom. The van der Waals surface area contributed by atoms with Gasteiger partial charge in [-0.1, -0.05) is 0 Å². The minimum Gasteiger partial charge on any atom is -0.510 e. The number of rotatable bonds is 3. The van der Waals surface area contributed by atoms with Crippen molar-refractivity contribution in [2.45, 2.75) is 43.4 Å². The highest BCUT2D eigenvalue weighted by Crippen LogP contribution is 2.53. The molecule has 12 nitrogen and oxygen atoms in total. The standard InChI is InChI=1S/C26H29FN4O8/c1-30(2)18-11-7-9-6-10-12(27)8-14(31-5-3-4-13(28)25(31)38)19(32)16(10)20(33)15(9)22(35)26(11,39)23(36)17(21(18)34)24(29)37/h8-9,11,13,18,32,34-35,39H,3-7,28H2,1-2H3,(H2,29,37)/t9-,11-,13-,18-,26-/m0/s1. The van der Waals surface area contributed by atoms with Crippen LogP contribution in [0.5, 0.6) is 5.75 Å². The van der Waals surface area contributed by atoms with Gasteiger partial charge in [-0.3, -0.25) is 24.1 Å². The molecule has 4 aliphatic rings. The molecule has 0 radical (unpaired) electrons. The fourth-order valence-corrected chi connectivity index (χ4v) is 6.61. The molecule has 1 aromatic rings. The molecule has 13 heteroatoms. The lowest BCUT2D eigenvalue weighted by atomic mass is 9.58. The van der Waals surface area contributed by atoms with Gasteiger partial charge in [0.2, 0.25) is 11.7 Å². The Morgan fingerprint density at radius 3 is 2.49 bits per heavy atom. The Kier molecular flexibility index (Phi) is 6.09. The molecular formula is C26H29FN4O8. The number of aromatic hydroxyl groups is 1. The van der Waals surface area contributed by atoms with E-state index in [1.54, 1.807) is 0 Å². The van der Waals surface area contributed by atoms with E-state index in [1.807, 2.05) is 0 Å². The third kappa shape index (κ3) is 3.53. The van der Waals surface area contributed by atoms with Crippen LogP contribution in [0, 0.1) is 17.7 Å². The topological polar surface area (TPSA) is 208 Å². The number of nitrogens with two attached hydrogens (primary N) is 2. The van der Waals surface area contributed by atoms with Gasteiger partial charge in [0.25, 0.3) is 5.91 Å². The van der Waals surface area contributed by atoms with Crippen LogP contribution in [0.4, 0.5) is 10.1 Å². The highest BCUT2D eigenvalue weighted by molar-refractivity contribution is 6.25. The number of anilines is 1. The van der Waals surface area contributed by atoms with Crippen molar-refractivity contribution >= 4 is 29.1 Å². The van der Waals surface area contributed by atoms with Gasteiger partial charge < -0.3 is 36.8 Å². The monoisotopic (exact) mass is 544 g/mol. The fourth-order valence-electron chi connectivity index (χ4n) is 6.61. The minimum atomic E-state index is -2.80. The number of benzene rings is 1. The largest absolute Gasteiger partial charge is 0.510 e.